The van der Waals surface area contributed by atoms with Crippen LogP contribution in [0.25, 0.3) is 0 Å². The van der Waals surface area contributed by atoms with Gasteiger partial charge in [0.05, 0.1) is 27.3 Å². The Morgan fingerprint density at radius 2 is 1.71 bits per heavy atom. The van der Waals surface area contributed by atoms with E-state index in [-0.39, 0.29) is 18.3 Å². The molecular formula is C18H35N2O4+. The third-order valence-electron chi connectivity index (χ3n) is 3.24. The van der Waals surface area contributed by atoms with Gasteiger partial charge in [-0.3, -0.25) is 9.59 Å². The Labute approximate surface area is 146 Å². The molecule has 24 heavy (non-hydrogen) atoms. The summed E-state index contributed by atoms with van der Waals surface area (Å²) in [5.74, 6) is -0.0747. The molecule has 0 aliphatic heterocycles. The number of carbonyl (C=O) groups is 2. The fraction of sp³-hybridized carbons (Fsp3) is 0.778. The van der Waals surface area contributed by atoms with Gasteiger partial charge >= 0.3 is 0 Å². The highest BCUT2D eigenvalue weighted by molar-refractivity contribution is 5.77. The van der Waals surface area contributed by atoms with Gasteiger partial charge in [-0.25, -0.2) is 0 Å². The SMILES string of the molecule is CCC/C=C\CCCOCCOCC(=O)NC[N+](C)(C)CC(C)=O. The van der Waals surface area contributed by atoms with Gasteiger partial charge in [0.2, 0.25) is 5.91 Å². The molecule has 0 radical (unpaired) electrons. The largest absolute Gasteiger partial charge is 0.379 e. The van der Waals surface area contributed by atoms with Crippen LogP contribution in [0.3, 0.4) is 0 Å². The highest BCUT2D eigenvalue weighted by atomic mass is 16.5. The van der Waals surface area contributed by atoms with Crippen molar-refractivity contribution in [3.05, 3.63) is 12.2 Å². The number of amides is 1. The van der Waals surface area contributed by atoms with Gasteiger partial charge in [0.15, 0.2) is 12.5 Å². The summed E-state index contributed by atoms with van der Waals surface area (Å²) < 4.78 is 11.2. The lowest BCUT2D eigenvalue weighted by Gasteiger charge is -2.28. The number of hydrogen-bond donors (Lipinski definition) is 1. The molecule has 0 fully saturated rings. The predicted molar refractivity (Wildman–Crippen MR) is 95.6 cm³/mol. The summed E-state index contributed by atoms with van der Waals surface area (Å²) in [7, 11) is 3.79. The van der Waals surface area contributed by atoms with Crippen LogP contribution in [0.2, 0.25) is 0 Å². The molecule has 0 atom stereocenters. The number of nitrogens with zero attached hydrogens (tertiary/aromatic N) is 1. The summed E-state index contributed by atoms with van der Waals surface area (Å²) in [6, 6.07) is 0. The maximum absolute atomic E-state index is 11.7. The molecule has 0 saturated carbocycles. The van der Waals surface area contributed by atoms with Crippen molar-refractivity contribution in [1.29, 1.82) is 0 Å². The molecule has 1 N–H and O–H groups in total. The van der Waals surface area contributed by atoms with E-state index < -0.39 is 0 Å². The van der Waals surface area contributed by atoms with Crippen molar-refractivity contribution in [2.75, 3.05) is 53.7 Å². The van der Waals surface area contributed by atoms with Gasteiger partial charge in [0.25, 0.3) is 0 Å². The van der Waals surface area contributed by atoms with Gasteiger partial charge in [-0.15, -0.1) is 0 Å². The first-order chi connectivity index (χ1) is 11.4. The number of nitrogens with one attached hydrogen (secondary N) is 1. The van der Waals surface area contributed by atoms with Crippen LogP contribution in [0.15, 0.2) is 12.2 Å². The molecule has 0 aromatic rings. The van der Waals surface area contributed by atoms with Crippen LogP contribution >= 0.6 is 0 Å². The third-order valence-corrected chi connectivity index (χ3v) is 3.24. The molecule has 0 spiro atoms. The van der Waals surface area contributed by atoms with Gasteiger partial charge < -0.3 is 19.3 Å². The number of carbonyl (C=O) groups excluding carboxylic acids is 2. The molecule has 0 aromatic heterocycles. The lowest BCUT2D eigenvalue weighted by molar-refractivity contribution is -0.884. The van der Waals surface area contributed by atoms with Crippen molar-refractivity contribution in [3.8, 4) is 0 Å². The molecule has 6 nitrogen and oxygen atoms in total. The van der Waals surface area contributed by atoms with Gasteiger partial charge in [-0.1, -0.05) is 25.5 Å². The average molecular weight is 343 g/mol. The van der Waals surface area contributed by atoms with Crippen LogP contribution in [0.1, 0.15) is 39.5 Å². The first-order valence-corrected chi connectivity index (χ1v) is 8.76. The van der Waals surface area contributed by atoms with E-state index >= 15 is 0 Å². The maximum atomic E-state index is 11.7. The van der Waals surface area contributed by atoms with Crippen LogP contribution in [0.4, 0.5) is 0 Å². The van der Waals surface area contributed by atoms with Crippen molar-refractivity contribution in [1.82, 2.24) is 5.32 Å². The zero-order chi connectivity index (χ0) is 18.3. The number of quaternary nitrogens is 1. The Bertz CT molecular complexity index is 381. The minimum Gasteiger partial charge on any atom is -0.379 e. The molecule has 6 heteroatoms. The zero-order valence-electron chi connectivity index (χ0n) is 15.8. The zero-order valence-corrected chi connectivity index (χ0v) is 15.8. The molecule has 0 aliphatic carbocycles. The number of ketones is 1. The molecule has 0 bridgehead atoms. The van der Waals surface area contributed by atoms with E-state index in [1.165, 1.54) is 6.42 Å². The van der Waals surface area contributed by atoms with Crippen LogP contribution in [-0.4, -0.2) is 69.9 Å². The van der Waals surface area contributed by atoms with Crippen molar-refractivity contribution < 1.29 is 23.5 Å². The molecule has 0 heterocycles. The summed E-state index contributed by atoms with van der Waals surface area (Å²) in [6.45, 7) is 6.15. The number of unbranched alkanes of at least 4 members (excludes halogenated alkanes) is 2. The van der Waals surface area contributed by atoms with Crippen molar-refractivity contribution in [3.63, 3.8) is 0 Å². The summed E-state index contributed by atoms with van der Waals surface area (Å²) >= 11 is 0. The number of likely N-dealkylation sites (N-methyl/N-ethyl adjacent to an activating group) is 1. The maximum Gasteiger partial charge on any atom is 0.250 e. The van der Waals surface area contributed by atoms with Crippen LogP contribution in [-0.2, 0) is 19.1 Å². The van der Waals surface area contributed by atoms with E-state index in [0.717, 1.165) is 19.3 Å². The van der Waals surface area contributed by atoms with Gasteiger partial charge in [-0.2, -0.15) is 0 Å². The van der Waals surface area contributed by atoms with Gasteiger partial charge in [-0.05, 0) is 19.3 Å². The lowest BCUT2D eigenvalue weighted by Crippen LogP contribution is -2.51. The Balaban J connectivity index is 3.48. The predicted octanol–water partition coefficient (Wildman–Crippen LogP) is 1.90. The monoisotopic (exact) mass is 343 g/mol. The summed E-state index contributed by atoms with van der Waals surface area (Å²) in [6.07, 6.45) is 8.77. The smallest absolute Gasteiger partial charge is 0.250 e. The van der Waals surface area contributed by atoms with Gasteiger partial charge in [0, 0.05) is 13.5 Å². The molecule has 140 valence electrons. The van der Waals surface area contributed by atoms with Crippen molar-refractivity contribution >= 4 is 11.7 Å². The lowest BCUT2D eigenvalue weighted by atomic mass is 10.2. The Kier molecular flexibility index (Phi) is 13.4. The fourth-order valence-electron chi connectivity index (χ4n) is 2.10. The second kappa shape index (κ2) is 14.1. The Hall–Kier alpha value is -1.24. The number of allylic oxidation sites excluding steroid dienone is 2. The van der Waals surface area contributed by atoms with E-state index in [2.05, 4.69) is 24.4 Å². The minimum atomic E-state index is -0.175. The topological polar surface area (TPSA) is 64.6 Å². The molecule has 1 amide bonds. The van der Waals surface area contributed by atoms with E-state index in [1.54, 1.807) is 6.92 Å². The van der Waals surface area contributed by atoms with E-state index in [4.69, 9.17) is 9.47 Å². The number of hydrogen-bond acceptors (Lipinski definition) is 4. The molecule has 0 aliphatic rings. The summed E-state index contributed by atoms with van der Waals surface area (Å²) in [5.41, 5.74) is 0. The number of rotatable bonds is 15. The van der Waals surface area contributed by atoms with Crippen LogP contribution in [0.5, 0.6) is 0 Å². The molecule has 0 saturated heterocycles. The van der Waals surface area contributed by atoms with Crippen molar-refractivity contribution in [2.45, 2.75) is 39.5 Å². The molecule has 0 unspecified atom stereocenters. The Morgan fingerprint density at radius 3 is 2.38 bits per heavy atom. The van der Waals surface area contributed by atoms with Gasteiger partial charge in [0.1, 0.15) is 13.2 Å². The van der Waals surface area contributed by atoms with Crippen LogP contribution in [0, 0.1) is 0 Å². The quantitative estimate of drug-likeness (QED) is 0.213. The summed E-state index contributed by atoms with van der Waals surface area (Å²) in [5, 5.41) is 2.77. The summed E-state index contributed by atoms with van der Waals surface area (Å²) in [4.78, 5) is 22.8. The van der Waals surface area contributed by atoms with Crippen molar-refractivity contribution in [2.24, 2.45) is 0 Å². The second-order valence-corrected chi connectivity index (χ2v) is 6.62. The first-order valence-electron chi connectivity index (χ1n) is 8.76. The standard InChI is InChI=1S/C18H34N2O4/c1-5-6-7-8-9-10-11-23-12-13-24-15-18(22)19-16-20(3,4)14-17(2)21/h7-8H,5-6,9-16H2,1-4H3/p+1/b8-7-. The third kappa shape index (κ3) is 15.6. The minimum absolute atomic E-state index is 0.0171. The second-order valence-electron chi connectivity index (χ2n) is 6.62. The molecular weight excluding hydrogens is 308 g/mol. The number of ether oxygens (including phenoxy) is 2. The van der Waals surface area contributed by atoms with E-state index in [0.29, 0.717) is 37.5 Å². The number of Topliss-reactive ketones (excluding diaryl/α,β-unsaturated/α-hetero) is 1. The van der Waals surface area contributed by atoms with E-state index in [9.17, 15) is 9.59 Å². The molecule has 0 aromatic carbocycles. The highest BCUT2D eigenvalue weighted by Gasteiger charge is 2.18. The Morgan fingerprint density at radius 1 is 1.04 bits per heavy atom. The normalized spacial score (nSPS) is 11.8. The molecule has 0 rings (SSSR count). The first kappa shape index (κ1) is 22.8. The van der Waals surface area contributed by atoms with Crippen LogP contribution < -0.4 is 5.32 Å². The highest BCUT2D eigenvalue weighted by Crippen LogP contribution is 1.96. The van der Waals surface area contributed by atoms with E-state index in [1.807, 2.05) is 14.1 Å². The average Bonchev–Trinajstić information content (AvgIpc) is 2.49. The fourth-order valence-corrected chi connectivity index (χ4v) is 2.10.